The highest BCUT2D eigenvalue weighted by molar-refractivity contribution is 5.99. The smallest absolute Gasteiger partial charge is 0.322 e. The van der Waals surface area contributed by atoms with E-state index >= 15 is 0 Å². The minimum atomic E-state index is -0.500. The summed E-state index contributed by atoms with van der Waals surface area (Å²) in [6, 6.07) is 13.4. The lowest BCUT2D eigenvalue weighted by molar-refractivity contribution is -0.116. The quantitative estimate of drug-likeness (QED) is 0.938. The van der Waals surface area contributed by atoms with Gasteiger partial charge in [0.15, 0.2) is 0 Å². The van der Waals surface area contributed by atoms with Gasteiger partial charge in [0.1, 0.15) is 12.4 Å². The molecule has 5 nitrogen and oxygen atoms in total. The van der Waals surface area contributed by atoms with E-state index in [1.54, 1.807) is 17.0 Å². The fourth-order valence-electron chi connectivity index (χ4n) is 2.62. The largest absolute Gasteiger partial charge is 0.325 e. The first-order valence-electron chi connectivity index (χ1n) is 7.72. The molecule has 1 N–H and O–H groups in total. The van der Waals surface area contributed by atoms with Crippen molar-refractivity contribution in [3.05, 3.63) is 59.9 Å². The SMILES string of the molecule is Cc1ccc(N2CCN(CC(=O)Nc3ccccc3F)C2=O)cc1. The summed E-state index contributed by atoms with van der Waals surface area (Å²) in [4.78, 5) is 27.6. The van der Waals surface area contributed by atoms with E-state index in [0.717, 1.165) is 11.3 Å². The molecule has 1 saturated heterocycles. The number of rotatable bonds is 4. The molecule has 6 heteroatoms. The predicted molar refractivity (Wildman–Crippen MR) is 90.5 cm³/mol. The van der Waals surface area contributed by atoms with E-state index in [1.165, 1.54) is 17.0 Å². The van der Waals surface area contributed by atoms with Gasteiger partial charge in [0.05, 0.1) is 5.69 Å². The Hall–Kier alpha value is -2.89. The number of aryl methyl sites for hydroxylation is 1. The van der Waals surface area contributed by atoms with Crippen LogP contribution in [0.2, 0.25) is 0 Å². The number of halogens is 1. The third-order valence-corrected chi connectivity index (χ3v) is 3.92. The molecule has 0 spiro atoms. The third-order valence-electron chi connectivity index (χ3n) is 3.92. The van der Waals surface area contributed by atoms with Gasteiger partial charge >= 0.3 is 6.03 Å². The number of carbonyl (C=O) groups excluding carboxylic acids is 2. The summed E-state index contributed by atoms with van der Waals surface area (Å²) in [6.45, 7) is 2.86. The normalized spacial score (nSPS) is 14.2. The number of carbonyl (C=O) groups is 2. The lowest BCUT2D eigenvalue weighted by Crippen LogP contribution is -2.37. The fourth-order valence-corrected chi connectivity index (χ4v) is 2.62. The highest BCUT2D eigenvalue weighted by Crippen LogP contribution is 2.21. The van der Waals surface area contributed by atoms with Gasteiger partial charge < -0.3 is 10.2 Å². The third kappa shape index (κ3) is 3.37. The first-order valence-corrected chi connectivity index (χ1v) is 7.72. The van der Waals surface area contributed by atoms with E-state index in [1.807, 2.05) is 31.2 Å². The second-order valence-electron chi connectivity index (χ2n) is 5.72. The topological polar surface area (TPSA) is 52.6 Å². The van der Waals surface area contributed by atoms with Crippen LogP contribution in [0.1, 0.15) is 5.56 Å². The van der Waals surface area contributed by atoms with Crippen LogP contribution in [0, 0.1) is 12.7 Å². The van der Waals surface area contributed by atoms with Gasteiger partial charge in [-0.2, -0.15) is 0 Å². The fraction of sp³-hybridized carbons (Fsp3) is 0.222. The maximum Gasteiger partial charge on any atom is 0.325 e. The molecule has 1 aliphatic heterocycles. The van der Waals surface area contributed by atoms with Crippen molar-refractivity contribution in [2.75, 3.05) is 29.9 Å². The second-order valence-corrected chi connectivity index (χ2v) is 5.72. The number of anilines is 2. The summed E-state index contributed by atoms with van der Waals surface area (Å²) in [5.74, 6) is -0.918. The minimum absolute atomic E-state index is 0.102. The molecule has 0 saturated carbocycles. The molecule has 0 radical (unpaired) electrons. The van der Waals surface area contributed by atoms with Crippen LogP contribution in [-0.2, 0) is 4.79 Å². The molecule has 24 heavy (non-hydrogen) atoms. The molecule has 2 aromatic carbocycles. The Labute approximate surface area is 139 Å². The van der Waals surface area contributed by atoms with Crippen molar-refractivity contribution in [2.24, 2.45) is 0 Å². The number of hydrogen-bond acceptors (Lipinski definition) is 2. The van der Waals surface area contributed by atoms with E-state index in [4.69, 9.17) is 0 Å². The summed E-state index contributed by atoms with van der Waals surface area (Å²) in [5.41, 5.74) is 2.04. The van der Waals surface area contributed by atoms with Crippen LogP contribution < -0.4 is 10.2 Å². The molecule has 3 amide bonds. The van der Waals surface area contributed by atoms with Gasteiger partial charge in [0.25, 0.3) is 0 Å². The molecule has 1 aliphatic rings. The monoisotopic (exact) mass is 327 g/mol. The summed E-state index contributed by atoms with van der Waals surface area (Å²) in [7, 11) is 0. The van der Waals surface area contributed by atoms with Gasteiger partial charge in [-0.3, -0.25) is 9.69 Å². The molecular formula is C18H18FN3O2. The highest BCUT2D eigenvalue weighted by Gasteiger charge is 2.30. The van der Waals surface area contributed by atoms with E-state index in [9.17, 15) is 14.0 Å². The Balaban J connectivity index is 1.62. The van der Waals surface area contributed by atoms with E-state index < -0.39 is 11.7 Å². The van der Waals surface area contributed by atoms with Crippen molar-refractivity contribution >= 4 is 23.3 Å². The number of benzene rings is 2. The van der Waals surface area contributed by atoms with Crippen LogP contribution in [0.15, 0.2) is 48.5 Å². The Morgan fingerprint density at radius 2 is 1.83 bits per heavy atom. The van der Waals surface area contributed by atoms with Crippen LogP contribution >= 0.6 is 0 Å². The summed E-state index contributed by atoms with van der Waals surface area (Å²) in [6.07, 6.45) is 0. The molecule has 0 bridgehead atoms. The highest BCUT2D eigenvalue weighted by atomic mass is 19.1. The average Bonchev–Trinajstić information content (AvgIpc) is 2.91. The van der Waals surface area contributed by atoms with Gasteiger partial charge in [-0.1, -0.05) is 29.8 Å². The number of hydrogen-bond donors (Lipinski definition) is 1. The van der Waals surface area contributed by atoms with Crippen LogP contribution in [0.25, 0.3) is 0 Å². The lowest BCUT2D eigenvalue weighted by Gasteiger charge is -2.18. The number of urea groups is 1. The lowest BCUT2D eigenvalue weighted by atomic mass is 10.2. The predicted octanol–water partition coefficient (Wildman–Crippen LogP) is 3.01. The molecule has 0 aromatic heterocycles. The zero-order chi connectivity index (χ0) is 17.1. The van der Waals surface area contributed by atoms with Gasteiger partial charge in [0.2, 0.25) is 5.91 Å². The Kier molecular flexibility index (Phi) is 4.46. The second kappa shape index (κ2) is 6.70. The zero-order valence-electron chi connectivity index (χ0n) is 13.3. The molecule has 2 aromatic rings. The molecule has 0 unspecified atom stereocenters. The maximum absolute atomic E-state index is 13.6. The van der Waals surface area contributed by atoms with Gasteiger partial charge in [-0.25, -0.2) is 9.18 Å². The number of nitrogens with zero attached hydrogens (tertiary/aromatic N) is 2. The molecular weight excluding hydrogens is 309 g/mol. The van der Waals surface area contributed by atoms with E-state index in [-0.39, 0.29) is 18.3 Å². The first-order chi connectivity index (χ1) is 11.5. The van der Waals surface area contributed by atoms with E-state index in [0.29, 0.717) is 13.1 Å². The van der Waals surface area contributed by atoms with Crippen LogP contribution in [0.3, 0.4) is 0 Å². The van der Waals surface area contributed by atoms with Crippen LogP contribution in [-0.4, -0.2) is 36.5 Å². The van der Waals surface area contributed by atoms with Crippen molar-refractivity contribution in [1.29, 1.82) is 0 Å². The molecule has 1 fully saturated rings. The van der Waals surface area contributed by atoms with Crippen molar-refractivity contribution in [1.82, 2.24) is 4.90 Å². The maximum atomic E-state index is 13.6. The number of nitrogens with one attached hydrogen (secondary N) is 1. The average molecular weight is 327 g/mol. The van der Waals surface area contributed by atoms with Gasteiger partial charge in [-0.05, 0) is 31.2 Å². The van der Waals surface area contributed by atoms with Gasteiger partial charge in [-0.15, -0.1) is 0 Å². The van der Waals surface area contributed by atoms with Gasteiger partial charge in [0, 0.05) is 18.8 Å². The Morgan fingerprint density at radius 3 is 2.54 bits per heavy atom. The summed E-state index contributed by atoms with van der Waals surface area (Å²) in [5, 5.41) is 2.49. The number of amides is 3. The molecule has 1 heterocycles. The zero-order valence-corrected chi connectivity index (χ0v) is 13.3. The minimum Gasteiger partial charge on any atom is -0.322 e. The van der Waals surface area contributed by atoms with Crippen molar-refractivity contribution in [2.45, 2.75) is 6.92 Å². The Bertz CT molecular complexity index is 761. The van der Waals surface area contributed by atoms with E-state index in [2.05, 4.69) is 5.32 Å². The van der Waals surface area contributed by atoms with Crippen molar-refractivity contribution < 1.29 is 14.0 Å². The van der Waals surface area contributed by atoms with Crippen molar-refractivity contribution in [3.63, 3.8) is 0 Å². The molecule has 124 valence electrons. The van der Waals surface area contributed by atoms with Crippen LogP contribution in [0.4, 0.5) is 20.6 Å². The first kappa shape index (κ1) is 16.0. The molecule has 0 aliphatic carbocycles. The molecule has 3 rings (SSSR count). The summed E-state index contributed by atoms with van der Waals surface area (Å²) < 4.78 is 13.6. The number of para-hydroxylation sites is 1. The van der Waals surface area contributed by atoms with Crippen molar-refractivity contribution in [3.8, 4) is 0 Å². The van der Waals surface area contributed by atoms with Crippen LogP contribution in [0.5, 0.6) is 0 Å². The molecule has 0 atom stereocenters. The summed E-state index contributed by atoms with van der Waals surface area (Å²) >= 11 is 0. The standard InChI is InChI=1S/C18H18FN3O2/c1-13-6-8-14(9-7-13)22-11-10-21(18(22)24)12-17(23)20-16-5-3-2-4-15(16)19/h2-9H,10-12H2,1H3,(H,20,23). The Morgan fingerprint density at radius 1 is 1.12 bits per heavy atom.